The zero-order valence-electron chi connectivity index (χ0n) is 11.1. The lowest BCUT2D eigenvalue weighted by molar-refractivity contribution is -0.117. The number of carbonyl (C=O) groups is 1. The first-order valence-electron chi connectivity index (χ1n) is 6.54. The number of hydrogen-bond donors (Lipinski definition) is 1. The number of halogens is 1. The third kappa shape index (κ3) is 2.83. The number of thioether (sulfide) groups is 1. The second-order valence-corrected chi connectivity index (χ2v) is 5.92. The molecule has 1 amide bonds. The number of amides is 1. The number of benzene rings is 2. The number of nitrogens with one attached hydrogen (secondary N) is 1. The number of rotatable bonds is 2. The Morgan fingerprint density at radius 1 is 1.10 bits per heavy atom. The average Bonchev–Trinajstić information content (AvgIpc) is 2.48. The molecule has 0 aromatic heterocycles. The second kappa shape index (κ2) is 5.69. The molecular formula is C16H13FN2OS. The van der Waals surface area contributed by atoms with E-state index in [4.69, 9.17) is 5.41 Å². The predicted molar refractivity (Wildman–Crippen MR) is 83.0 cm³/mol. The standard InChI is InChI=1S/C16H13FN2OS/c17-12-8-6-11(7-9-12)14-10-15(20)19(16(18)21-14)13-4-2-1-3-5-13/h1-9,14,18H,10H2/t14-/m0/s1. The first kappa shape index (κ1) is 13.8. The summed E-state index contributed by atoms with van der Waals surface area (Å²) in [5, 5.41) is 8.20. The van der Waals surface area contributed by atoms with Crippen LogP contribution in [0.1, 0.15) is 17.2 Å². The molecule has 1 atom stereocenters. The summed E-state index contributed by atoms with van der Waals surface area (Å²) in [7, 11) is 0. The number of nitrogens with zero attached hydrogens (tertiary/aromatic N) is 1. The van der Waals surface area contributed by atoms with E-state index in [-0.39, 0.29) is 22.1 Å². The van der Waals surface area contributed by atoms with Crippen LogP contribution in [-0.4, -0.2) is 11.1 Å². The average molecular weight is 300 g/mol. The molecular weight excluding hydrogens is 287 g/mol. The van der Waals surface area contributed by atoms with Gasteiger partial charge in [0.05, 0.1) is 5.69 Å². The summed E-state index contributed by atoms with van der Waals surface area (Å²) in [5.74, 6) is -0.411. The Bertz CT molecular complexity index is 654. The van der Waals surface area contributed by atoms with Crippen LogP contribution >= 0.6 is 11.8 Å². The Hall–Kier alpha value is -2.14. The summed E-state index contributed by atoms with van der Waals surface area (Å²) in [5.41, 5.74) is 1.57. The van der Waals surface area contributed by atoms with E-state index in [0.717, 1.165) is 5.56 Å². The predicted octanol–water partition coefficient (Wildman–Crippen LogP) is 3.97. The van der Waals surface area contributed by atoms with Gasteiger partial charge in [0.15, 0.2) is 5.17 Å². The highest BCUT2D eigenvalue weighted by Gasteiger charge is 2.32. The van der Waals surface area contributed by atoms with Crippen LogP contribution in [0, 0.1) is 11.2 Å². The monoisotopic (exact) mass is 300 g/mol. The van der Waals surface area contributed by atoms with Crippen molar-refractivity contribution >= 4 is 28.5 Å². The molecule has 3 rings (SSSR count). The van der Waals surface area contributed by atoms with Crippen LogP contribution in [-0.2, 0) is 4.79 Å². The Morgan fingerprint density at radius 3 is 2.38 bits per heavy atom. The molecule has 1 fully saturated rings. The van der Waals surface area contributed by atoms with Crippen LogP contribution in [0.5, 0.6) is 0 Å². The lowest BCUT2D eigenvalue weighted by Crippen LogP contribution is -2.39. The van der Waals surface area contributed by atoms with E-state index in [1.54, 1.807) is 12.1 Å². The fourth-order valence-corrected chi connectivity index (χ4v) is 3.40. The van der Waals surface area contributed by atoms with Gasteiger partial charge in [-0.25, -0.2) is 4.39 Å². The molecule has 21 heavy (non-hydrogen) atoms. The highest BCUT2D eigenvalue weighted by atomic mass is 32.2. The van der Waals surface area contributed by atoms with Gasteiger partial charge in [0.25, 0.3) is 0 Å². The smallest absolute Gasteiger partial charge is 0.234 e. The van der Waals surface area contributed by atoms with Crippen molar-refractivity contribution in [2.45, 2.75) is 11.7 Å². The highest BCUT2D eigenvalue weighted by molar-refractivity contribution is 8.14. The van der Waals surface area contributed by atoms with Gasteiger partial charge in [0.2, 0.25) is 5.91 Å². The third-order valence-corrected chi connectivity index (χ3v) is 4.45. The van der Waals surface area contributed by atoms with E-state index >= 15 is 0 Å². The molecule has 1 N–H and O–H groups in total. The van der Waals surface area contributed by atoms with E-state index in [1.165, 1.54) is 28.8 Å². The Morgan fingerprint density at radius 2 is 1.76 bits per heavy atom. The molecule has 106 valence electrons. The van der Waals surface area contributed by atoms with Gasteiger partial charge in [-0.05, 0) is 29.8 Å². The summed E-state index contributed by atoms with van der Waals surface area (Å²) in [4.78, 5) is 13.8. The molecule has 0 unspecified atom stereocenters. The Kier molecular flexibility index (Phi) is 3.75. The Balaban J connectivity index is 1.83. The summed E-state index contributed by atoms with van der Waals surface area (Å²) >= 11 is 1.32. The van der Waals surface area contributed by atoms with Crippen molar-refractivity contribution in [3.8, 4) is 0 Å². The van der Waals surface area contributed by atoms with Gasteiger partial charge in [-0.1, -0.05) is 42.1 Å². The molecule has 0 bridgehead atoms. The molecule has 3 nitrogen and oxygen atoms in total. The zero-order chi connectivity index (χ0) is 14.8. The first-order chi connectivity index (χ1) is 10.1. The number of hydrogen-bond acceptors (Lipinski definition) is 3. The quantitative estimate of drug-likeness (QED) is 0.912. The van der Waals surface area contributed by atoms with Crippen LogP contribution in [0.4, 0.5) is 10.1 Å². The van der Waals surface area contributed by atoms with Gasteiger partial charge < -0.3 is 0 Å². The van der Waals surface area contributed by atoms with Crippen molar-refractivity contribution < 1.29 is 9.18 Å². The molecule has 2 aromatic rings. The molecule has 0 spiro atoms. The topological polar surface area (TPSA) is 44.2 Å². The van der Waals surface area contributed by atoms with E-state index in [2.05, 4.69) is 0 Å². The molecule has 1 aliphatic heterocycles. The van der Waals surface area contributed by atoms with Crippen LogP contribution in [0.25, 0.3) is 0 Å². The van der Waals surface area contributed by atoms with Crippen LogP contribution in [0.3, 0.4) is 0 Å². The second-order valence-electron chi connectivity index (χ2n) is 4.73. The van der Waals surface area contributed by atoms with Crippen molar-refractivity contribution in [3.05, 3.63) is 66.0 Å². The molecule has 0 radical (unpaired) electrons. The molecule has 5 heteroatoms. The van der Waals surface area contributed by atoms with Crippen LogP contribution < -0.4 is 4.90 Å². The minimum Gasteiger partial charge on any atom is -0.278 e. The fraction of sp³-hybridized carbons (Fsp3) is 0.125. The summed E-state index contributed by atoms with van der Waals surface area (Å²) in [6.45, 7) is 0. The first-order valence-corrected chi connectivity index (χ1v) is 7.42. The summed E-state index contributed by atoms with van der Waals surface area (Å²) in [6, 6.07) is 15.3. The lowest BCUT2D eigenvalue weighted by Gasteiger charge is -2.31. The van der Waals surface area contributed by atoms with Gasteiger partial charge in [-0.3, -0.25) is 15.1 Å². The molecule has 1 aliphatic rings. The minimum absolute atomic E-state index is 0.112. The van der Waals surface area contributed by atoms with Crippen LogP contribution in [0.15, 0.2) is 54.6 Å². The van der Waals surface area contributed by atoms with Gasteiger partial charge >= 0.3 is 0 Å². The van der Waals surface area contributed by atoms with E-state index in [1.807, 2.05) is 30.3 Å². The fourth-order valence-electron chi connectivity index (χ4n) is 2.29. The molecule has 0 saturated carbocycles. The Labute approximate surface area is 126 Å². The van der Waals surface area contributed by atoms with E-state index < -0.39 is 0 Å². The van der Waals surface area contributed by atoms with Crippen molar-refractivity contribution in [1.82, 2.24) is 0 Å². The van der Waals surface area contributed by atoms with Crippen molar-refractivity contribution in [2.24, 2.45) is 0 Å². The maximum Gasteiger partial charge on any atom is 0.234 e. The van der Waals surface area contributed by atoms with Gasteiger partial charge in [0, 0.05) is 11.7 Å². The molecule has 0 aliphatic carbocycles. The van der Waals surface area contributed by atoms with Gasteiger partial charge in [0.1, 0.15) is 5.82 Å². The molecule has 1 heterocycles. The highest BCUT2D eigenvalue weighted by Crippen LogP contribution is 2.39. The minimum atomic E-state index is -0.299. The van der Waals surface area contributed by atoms with Crippen molar-refractivity contribution in [2.75, 3.05) is 4.90 Å². The van der Waals surface area contributed by atoms with Crippen molar-refractivity contribution in [1.29, 1.82) is 5.41 Å². The SMILES string of the molecule is N=C1S[C@H](c2ccc(F)cc2)CC(=O)N1c1ccccc1. The van der Waals surface area contributed by atoms with Gasteiger partial charge in [-0.15, -0.1) is 0 Å². The maximum atomic E-state index is 13.0. The summed E-state index contributed by atoms with van der Waals surface area (Å²) < 4.78 is 13.0. The number of amidine groups is 1. The molecule has 2 aromatic carbocycles. The van der Waals surface area contributed by atoms with Crippen molar-refractivity contribution in [3.63, 3.8) is 0 Å². The molecule has 1 saturated heterocycles. The summed E-state index contributed by atoms with van der Waals surface area (Å²) in [6.07, 6.45) is 0.299. The maximum absolute atomic E-state index is 13.0. The lowest BCUT2D eigenvalue weighted by atomic mass is 10.1. The van der Waals surface area contributed by atoms with E-state index in [0.29, 0.717) is 12.1 Å². The number of carbonyl (C=O) groups excluding carboxylic acids is 1. The number of para-hydroxylation sites is 1. The zero-order valence-corrected chi connectivity index (χ0v) is 11.9. The van der Waals surface area contributed by atoms with E-state index in [9.17, 15) is 9.18 Å². The van der Waals surface area contributed by atoms with Gasteiger partial charge in [-0.2, -0.15) is 0 Å². The number of anilines is 1. The van der Waals surface area contributed by atoms with Crippen LogP contribution in [0.2, 0.25) is 0 Å². The third-order valence-electron chi connectivity index (χ3n) is 3.32. The normalized spacial score (nSPS) is 18.9. The largest absolute Gasteiger partial charge is 0.278 e.